The van der Waals surface area contributed by atoms with Crippen molar-refractivity contribution in [1.29, 1.82) is 0 Å². The highest BCUT2D eigenvalue weighted by molar-refractivity contribution is 5.79. The van der Waals surface area contributed by atoms with Gasteiger partial charge in [0.1, 0.15) is 0 Å². The van der Waals surface area contributed by atoms with Gasteiger partial charge in [0.05, 0.1) is 25.4 Å². The van der Waals surface area contributed by atoms with E-state index < -0.39 is 17.6 Å². The van der Waals surface area contributed by atoms with Gasteiger partial charge in [-0.15, -0.1) is 0 Å². The van der Waals surface area contributed by atoms with Crippen LogP contribution in [-0.4, -0.2) is 39.7 Å². The van der Waals surface area contributed by atoms with Crippen molar-refractivity contribution in [2.24, 2.45) is 33.5 Å². The highest BCUT2D eigenvalue weighted by Gasteiger charge is 2.67. The average molecular weight is 455 g/mol. The van der Waals surface area contributed by atoms with Gasteiger partial charge in [0.15, 0.2) is 0 Å². The zero-order valence-corrected chi connectivity index (χ0v) is 21.0. The first-order valence-electron chi connectivity index (χ1n) is 12.9. The van der Waals surface area contributed by atoms with E-state index in [0.717, 1.165) is 37.7 Å². The Labute approximate surface area is 198 Å². The summed E-state index contributed by atoms with van der Waals surface area (Å²) >= 11 is 0. The maximum Gasteiger partial charge on any atom is 0.0804 e. The van der Waals surface area contributed by atoms with E-state index >= 15 is 0 Å². The standard InChI is InChI=1S/C29H42O4/c1-17-6-7-19-21(32)14-28(5)20(25(19)18(17)2)8-9-22-26(3)12-11-24(33)29(15-30,16-31)23(26)10-13-27(22,28)4/h6-8,21-24,30-33H,9-16H2,1-5H3/t21-,22+,23+,24-,26+,27+,28+/m0/s1. The summed E-state index contributed by atoms with van der Waals surface area (Å²) in [6, 6.07) is 4.26. The summed E-state index contributed by atoms with van der Waals surface area (Å²) < 4.78 is 0. The molecule has 0 spiro atoms. The van der Waals surface area contributed by atoms with Crippen LogP contribution in [0.2, 0.25) is 0 Å². The predicted octanol–water partition coefficient (Wildman–Crippen LogP) is 4.70. The minimum absolute atomic E-state index is 0.00384. The van der Waals surface area contributed by atoms with E-state index in [2.05, 4.69) is 52.8 Å². The molecule has 2 saturated carbocycles. The molecule has 1 aromatic rings. The van der Waals surface area contributed by atoms with E-state index in [0.29, 0.717) is 12.3 Å². The van der Waals surface area contributed by atoms with Crippen LogP contribution in [0.3, 0.4) is 0 Å². The summed E-state index contributed by atoms with van der Waals surface area (Å²) in [4.78, 5) is 0. The number of aliphatic hydroxyl groups excluding tert-OH is 4. The van der Waals surface area contributed by atoms with E-state index in [9.17, 15) is 20.4 Å². The monoisotopic (exact) mass is 454 g/mol. The van der Waals surface area contributed by atoms with Gasteiger partial charge in [0.25, 0.3) is 0 Å². The van der Waals surface area contributed by atoms with Crippen molar-refractivity contribution in [2.75, 3.05) is 13.2 Å². The summed E-state index contributed by atoms with van der Waals surface area (Å²) in [5.74, 6) is 0.464. The van der Waals surface area contributed by atoms with Crippen molar-refractivity contribution in [3.05, 3.63) is 40.5 Å². The fourth-order valence-electron chi connectivity index (χ4n) is 9.31. The van der Waals surface area contributed by atoms with Crippen LogP contribution in [0.25, 0.3) is 5.57 Å². The molecule has 0 saturated heterocycles. The first-order valence-corrected chi connectivity index (χ1v) is 12.9. The second-order valence-electron chi connectivity index (χ2n) is 12.5. The van der Waals surface area contributed by atoms with Crippen LogP contribution in [0.15, 0.2) is 18.2 Å². The van der Waals surface area contributed by atoms with Gasteiger partial charge in [-0.2, -0.15) is 0 Å². The molecule has 0 bridgehead atoms. The summed E-state index contributed by atoms with van der Waals surface area (Å²) in [7, 11) is 0. The van der Waals surface area contributed by atoms with Crippen molar-refractivity contribution >= 4 is 5.57 Å². The second kappa shape index (κ2) is 7.40. The molecule has 0 aliphatic heterocycles. The molecule has 5 rings (SSSR count). The van der Waals surface area contributed by atoms with Crippen molar-refractivity contribution in [3.63, 3.8) is 0 Å². The molecule has 2 fully saturated rings. The van der Waals surface area contributed by atoms with Crippen LogP contribution in [-0.2, 0) is 0 Å². The van der Waals surface area contributed by atoms with Crippen molar-refractivity contribution < 1.29 is 20.4 Å². The number of allylic oxidation sites excluding steroid dienone is 2. The number of hydrogen-bond acceptors (Lipinski definition) is 4. The van der Waals surface area contributed by atoms with Crippen molar-refractivity contribution in [1.82, 2.24) is 0 Å². The Kier molecular flexibility index (Phi) is 5.28. The number of aryl methyl sites for hydroxylation is 1. The Morgan fingerprint density at radius 3 is 2.30 bits per heavy atom. The summed E-state index contributed by atoms with van der Waals surface area (Å²) in [5.41, 5.74) is 5.25. The van der Waals surface area contributed by atoms with Gasteiger partial charge in [-0.1, -0.05) is 39.0 Å². The molecular weight excluding hydrogens is 412 g/mol. The number of rotatable bonds is 2. The van der Waals surface area contributed by atoms with E-state index in [1.165, 1.54) is 22.3 Å². The number of fused-ring (bicyclic) bond motifs is 7. The molecule has 1 aromatic carbocycles. The lowest BCUT2D eigenvalue weighted by molar-refractivity contribution is -0.223. The minimum atomic E-state index is -0.828. The third kappa shape index (κ3) is 2.73. The summed E-state index contributed by atoms with van der Waals surface area (Å²) in [6.07, 6.45) is 6.44. The quantitative estimate of drug-likeness (QED) is 0.522. The first kappa shape index (κ1) is 23.5. The molecule has 0 aromatic heterocycles. The molecule has 7 atom stereocenters. The van der Waals surface area contributed by atoms with Gasteiger partial charge in [-0.3, -0.25) is 0 Å². The lowest BCUT2D eigenvalue weighted by Crippen LogP contribution is -2.65. The largest absolute Gasteiger partial charge is 0.396 e. The molecule has 182 valence electrons. The summed E-state index contributed by atoms with van der Waals surface area (Å²) in [6.45, 7) is 11.2. The van der Waals surface area contributed by atoms with E-state index in [-0.39, 0.29) is 35.4 Å². The van der Waals surface area contributed by atoms with Crippen molar-refractivity contribution in [3.8, 4) is 0 Å². The molecular formula is C29H42O4. The van der Waals surface area contributed by atoms with Crippen LogP contribution in [0.5, 0.6) is 0 Å². The van der Waals surface area contributed by atoms with Crippen LogP contribution in [0.4, 0.5) is 0 Å². The Morgan fingerprint density at radius 1 is 0.939 bits per heavy atom. The lowest BCUT2D eigenvalue weighted by Gasteiger charge is -2.69. The molecule has 4 heteroatoms. The number of hydrogen-bond donors (Lipinski definition) is 4. The van der Waals surface area contributed by atoms with Crippen molar-refractivity contribution in [2.45, 2.75) is 85.4 Å². The Hall–Kier alpha value is -1.20. The highest BCUT2D eigenvalue weighted by atomic mass is 16.3. The van der Waals surface area contributed by atoms with Crippen LogP contribution < -0.4 is 0 Å². The third-order valence-corrected chi connectivity index (χ3v) is 11.6. The number of benzene rings is 1. The Bertz CT molecular complexity index is 994. The van der Waals surface area contributed by atoms with Gasteiger partial charge in [-0.05, 0) is 103 Å². The van der Waals surface area contributed by atoms with Gasteiger partial charge in [-0.25, -0.2) is 0 Å². The van der Waals surface area contributed by atoms with Gasteiger partial charge < -0.3 is 20.4 Å². The maximum atomic E-state index is 11.3. The lowest BCUT2D eigenvalue weighted by atomic mass is 9.35. The SMILES string of the molecule is Cc1ccc2c(c1C)C1=CC[C@@H]3[C@@]4(C)CC[C@H](O)C(CO)(CO)[C@@H]4CC[C@@]3(C)[C@]1(C)C[C@@H]2O. The Morgan fingerprint density at radius 2 is 1.64 bits per heavy atom. The van der Waals surface area contributed by atoms with Crippen LogP contribution in [0.1, 0.15) is 87.7 Å². The number of aliphatic hydroxyl groups is 4. The third-order valence-electron chi connectivity index (χ3n) is 11.6. The fourth-order valence-corrected chi connectivity index (χ4v) is 9.31. The van der Waals surface area contributed by atoms with Crippen LogP contribution in [0, 0.1) is 47.3 Å². The fraction of sp³-hybridized carbons (Fsp3) is 0.724. The normalized spacial score (nSPS) is 43.6. The van der Waals surface area contributed by atoms with Gasteiger partial charge in [0.2, 0.25) is 0 Å². The summed E-state index contributed by atoms with van der Waals surface area (Å²) in [5, 5.41) is 43.1. The minimum Gasteiger partial charge on any atom is -0.396 e. The topological polar surface area (TPSA) is 80.9 Å². The molecule has 4 N–H and O–H groups in total. The predicted molar refractivity (Wildman–Crippen MR) is 130 cm³/mol. The van der Waals surface area contributed by atoms with E-state index in [1.807, 2.05) is 0 Å². The molecule has 0 heterocycles. The molecule has 33 heavy (non-hydrogen) atoms. The molecule has 4 aliphatic carbocycles. The van der Waals surface area contributed by atoms with E-state index in [1.54, 1.807) is 0 Å². The molecule has 4 nitrogen and oxygen atoms in total. The Balaban J connectivity index is 1.66. The zero-order valence-electron chi connectivity index (χ0n) is 21.0. The first-order chi connectivity index (χ1) is 15.5. The zero-order chi connectivity index (χ0) is 24.0. The van der Waals surface area contributed by atoms with E-state index in [4.69, 9.17) is 0 Å². The molecule has 0 radical (unpaired) electrons. The molecule has 4 aliphatic rings. The molecule has 0 unspecified atom stereocenters. The van der Waals surface area contributed by atoms with Crippen LogP contribution >= 0.6 is 0 Å². The second-order valence-corrected chi connectivity index (χ2v) is 12.5. The smallest absolute Gasteiger partial charge is 0.0804 e. The average Bonchev–Trinajstić information content (AvgIpc) is 2.77. The van der Waals surface area contributed by atoms with Gasteiger partial charge >= 0.3 is 0 Å². The highest BCUT2D eigenvalue weighted by Crippen LogP contribution is 2.74. The van der Waals surface area contributed by atoms with Gasteiger partial charge in [0, 0.05) is 10.8 Å². The maximum absolute atomic E-state index is 11.3. The molecule has 0 amide bonds.